The van der Waals surface area contributed by atoms with Gasteiger partial charge >= 0.3 is 0 Å². The molecule has 1 saturated heterocycles. The Morgan fingerprint density at radius 2 is 2.21 bits per heavy atom. The number of hydrogen-bond acceptors (Lipinski definition) is 3. The lowest BCUT2D eigenvalue weighted by Gasteiger charge is -2.35. The Bertz CT molecular complexity index is 190. The van der Waals surface area contributed by atoms with Gasteiger partial charge in [0, 0.05) is 17.3 Å². The lowest BCUT2D eigenvalue weighted by molar-refractivity contribution is 0.142. The van der Waals surface area contributed by atoms with Crippen LogP contribution >= 0.6 is 11.8 Å². The van der Waals surface area contributed by atoms with Gasteiger partial charge in [-0.25, -0.2) is 0 Å². The second-order valence-electron chi connectivity index (χ2n) is 4.91. The van der Waals surface area contributed by atoms with Crippen molar-refractivity contribution < 1.29 is 5.11 Å². The molecule has 0 bridgehead atoms. The van der Waals surface area contributed by atoms with Crippen LogP contribution in [0.5, 0.6) is 0 Å². The second-order valence-corrected chi connectivity index (χ2v) is 6.06. The van der Waals surface area contributed by atoms with Gasteiger partial charge in [0.2, 0.25) is 0 Å². The molecule has 0 spiro atoms. The Balaban J connectivity index is 1.86. The van der Waals surface area contributed by atoms with Crippen LogP contribution in [0.4, 0.5) is 0 Å². The SMILES string of the molecule is CC(CO)(NC1CCCSC1)C1CC1. The van der Waals surface area contributed by atoms with Gasteiger partial charge in [0.15, 0.2) is 0 Å². The number of thioether (sulfide) groups is 1. The smallest absolute Gasteiger partial charge is 0.0613 e. The van der Waals surface area contributed by atoms with Crippen LogP contribution in [0.25, 0.3) is 0 Å². The average molecular weight is 215 g/mol. The quantitative estimate of drug-likeness (QED) is 0.747. The first kappa shape index (κ1) is 10.8. The molecule has 0 aromatic rings. The predicted octanol–water partition coefficient (Wildman–Crippen LogP) is 1.63. The van der Waals surface area contributed by atoms with E-state index in [1.165, 1.54) is 37.2 Å². The van der Waals surface area contributed by atoms with E-state index in [-0.39, 0.29) is 5.54 Å². The zero-order chi connectivity index (χ0) is 10.0. The first-order chi connectivity index (χ1) is 6.74. The average Bonchev–Trinajstić information content (AvgIpc) is 3.03. The first-order valence-electron chi connectivity index (χ1n) is 5.71. The molecular formula is C11H21NOS. The summed E-state index contributed by atoms with van der Waals surface area (Å²) in [6.07, 6.45) is 5.21. The lowest BCUT2D eigenvalue weighted by Crippen LogP contribution is -2.54. The van der Waals surface area contributed by atoms with E-state index in [9.17, 15) is 5.11 Å². The molecule has 1 heterocycles. The Morgan fingerprint density at radius 1 is 1.43 bits per heavy atom. The molecule has 82 valence electrons. The number of rotatable bonds is 4. The highest BCUT2D eigenvalue weighted by Crippen LogP contribution is 2.40. The van der Waals surface area contributed by atoms with Crippen molar-refractivity contribution in [2.45, 2.75) is 44.2 Å². The molecule has 2 aliphatic rings. The minimum atomic E-state index is 0.00255. The molecule has 2 atom stereocenters. The summed E-state index contributed by atoms with van der Waals surface area (Å²) >= 11 is 2.04. The summed E-state index contributed by atoms with van der Waals surface area (Å²) in [4.78, 5) is 0. The van der Waals surface area contributed by atoms with E-state index in [1.807, 2.05) is 11.8 Å². The molecule has 0 aromatic carbocycles. The molecule has 1 saturated carbocycles. The molecule has 2 nitrogen and oxygen atoms in total. The molecule has 3 heteroatoms. The largest absolute Gasteiger partial charge is 0.394 e. The summed E-state index contributed by atoms with van der Waals surface area (Å²) in [7, 11) is 0. The Kier molecular flexibility index (Phi) is 3.40. The maximum absolute atomic E-state index is 9.46. The van der Waals surface area contributed by atoms with Gasteiger partial charge in [-0.1, -0.05) is 0 Å². The standard InChI is InChI=1S/C11H21NOS/c1-11(8-13,9-4-5-9)12-10-3-2-6-14-7-10/h9-10,12-13H,2-8H2,1H3. The third-order valence-electron chi connectivity index (χ3n) is 3.50. The van der Waals surface area contributed by atoms with Crippen LogP contribution in [0, 0.1) is 5.92 Å². The molecule has 2 N–H and O–H groups in total. The molecule has 0 radical (unpaired) electrons. The highest BCUT2D eigenvalue weighted by molar-refractivity contribution is 7.99. The molecule has 0 amide bonds. The Morgan fingerprint density at radius 3 is 2.71 bits per heavy atom. The van der Waals surface area contributed by atoms with Crippen LogP contribution in [-0.2, 0) is 0 Å². The molecule has 2 fully saturated rings. The summed E-state index contributed by atoms with van der Waals surface area (Å²) < 4.78 is 0. The van der Waals surface area contributed by atoms with Gasteiger partial charge in [0.25, 0.3) is 0 Å². The minimum Gasteiger partial charge on any atom is -0.394 e. The van der Waals surface area contributed by atoms with Gasteiger partial charge in [-0.2, -0.15) is 11.8 Å². The van der Waals surface area contributed by atoms with Crippen LogP contribution in [-0.4, -0.2) is 34.8 Å². The van der Waals surface area contributed by atoms with Crippen molar-refractivity contribution in [3.63, 3.8) is 0 Å². The molecule has 1 aliphatic heterocycles. The normalized spacial score (nSPS) is 32.6. The maximum atomic E-state index is 9.46. The number of aliphatic hydroxyl groups excluding tert-OH is 1. The number of hydrogen-bond donors (Lipinski definition) is 2. The van der Waals surface area contributed by atoms with Gasteiger partial charge in [-0.15, -0.1) is 0 Å². The summed E-state index contributed by atoms with van der Waals surface area (Å²) in [6, 6.07) is 0.631. The molecule has 1 aliphatic carbocycles. The molecular weight excluding hydrogens is 194 g/mol. The third kappa shape index (κ3) is 2.44. The van der Waals surface area contributed by atoms with Crippen molar-refractivity contribution in [3.05, 3.63) is 0 Å². The second kappa shape index (κ2) is 4.42. The van der Waals surface area contributed by atoms with Crippen LogP contribution < -0.4 is 5.32 Å². The monoisotopic (exact) mass is 215 g/mol. The summed E-state index contributed by atoms with van der Waals surface area (Å²) in [5.41, 5.74) is 0.00255. The van der Waals surface area contributed by atoms with Crippen molar-refractivity contribution in [1.29, 1.82) is 0 Å². The minimum absolute atomic E-state index is 0.00255. The number of aliphatic hydroxyl groups is 1. The van der Waals surface area contributed by atoms with Crippen molar-refractivity contribution >= 4 is 11.8 Å². The van der Waals surface area contributed by atoms with Crippen molar-refractivity contribution in [3.8, 4) is 0 Å². The fraction of sp³-hybridized carbons (Fsp3) is 1.00. The summed E-state index contributed by atoms with van der Waals surface area (Å²) in [5, 5.41) is 13.1. The van der Waals surface area contributed by atoms with Crippen LogP contribution in [0.2, 0.25) is 0 Å². The number of nitrogens with one attached hydrogen (secondary N) is 1. The molecule has 0 aromatic heterocycles. The van der Waals surface area contributed by atoms with E-state index in [0.29, 0.717) is 12.6 Å². The van der Waals surface area contributed by atoms with Gasteiger partial charge in [0.05, 0.1) is 6.61 Å². The Labute approximate surface area is 90.8 Å². The van der Waals surface area contributed by atoms with Crippen molar-refractivity contribution in [1.82, 2.24) is 5.32 Å². The topological polar surface area (TPSA) is 32.3 Å². The van der Waals surface area contributed by atoms with Gasteiger partial charge in [-0.05, 0) is 44.3 Å². The van der Waals surface area contributed by atoms with Crippen LogP contribution in [0.3, 0.4) is 0 Å². The molecule has 14 heavy (non-hydrogen) atoms. The first-order valence-corrected chi connectivity index (χ1v) is 6.86. The highest BCUT2D eigenvalue weighted by Gasteiger charge is 2.42. The summed E-state index contributed by atoms with van der Waals surface area (Å²) in [6.45, 7) is 2.47. The maximum Gasteiger partial charge on any atom is 0.0613 e. The zero-order valence-corrected chi connectivity index (χ0v) is 9.78. The predicted molar refractivity (Wildman–Crippen MR) is 61.7 cm³/mol. The fourth-order valence-corrected chi connectivity index (χ4v) is 3.41. The van der Waals surface area contributed by atoms with E-state index in [2.05, 4.69) is 12.2 Å². The fourth-order valence-electron chi connectivity index (χ4n) is 2.33. The van der Waals surface area contributed by atoms with E-state index in [1.54, 1.807) is 0 Å². The van der Waals surface area contributed by atoms with E-state index < -0.39 is 0 Å². The van der Waals surface area contributed by atoms with Gasteiger partial charge < -0.3 is 10.4 Å². The van der Waals surface area contributed by atoms with E-state index in [0.717, 1.165) is 5.92 Å². The van der Waals surface area contributed by atoms with Crippen molar-refractivity contribution in [2.24, 2.45) is 5.92 Å². The van der Waals surface area contributed by atoms with Crippen molar-refractivity contribution in [2.75, 3.05) is 18.1 Å². The lowest BCUT2D eigenvalue weighted by atomic mass is 9.95. The summed E-state index contributed by atoms with van der Waals surface area (Å²) in [5.74, 6) is 3.26. The highest BCUT2D eigenvalue weighted by atomic mass is 32.2. The molecule has 2 unspecified atom stereocenters. The Hall–Kier alpha value is 0.270. The third-order valence-corrected chi connectivity index (χ3v) is 4.72. The van der Waals surface area contributed by atoms with E-state index in [4.69, 9.17) is 0 Å². The van der Waals surface area contributed by atoms with Crippen LogP contribution in [0.1, 0.15) is 32.6 Å². The van der Waals surface area contributed by atoms with Gasteiger partial charge in [-0.3, -0.25) is 0 Å². The molecule has 2 rings (SSSR count). The van der Waals surface area contributed by atoms with E-state index >= 15 is 0 Å². The van der Waals surface area contributed by atoms with Gasteiger partial charge in [0.1, 0.15) is 0 Å². The van der Waals surface area contributed by atoms with Crippen LogP contribution in [0.15, 0.2) is 0 Å². The zero-order valence-electron chi connectivity index (χ0n) is 8.96.